The molecule has 64 valence electrons. The zero-order chi connectivity index (χ0) is 8.97. The second-order valence-corrected chi connectivity index (χ2v) is 3.64. The maximum Gasteiger partial charge on any atom is 0.0409 e. The number of allylic oxidation sites excluding steroid dienone is 1. The van der Waals surface area contributed by atoms with Gasteiger partial charge in [-0.05, 0) is 30.2 Å². The van der Waals surface area contributed by atoms with Crippen molar-refractivity contribution in [3.63, 3.8) is 0 Å². The van der Waals surface area contributed by atoms with E-state index in [4.69, 9.17) is 11.6 Å². The maximum atomic E-state index is 5.82. The summed E-state index contributed by atoms with van der Waals surface area (Å²) in [6.07, 6.45) is 4.15. The van der Waals surface area contributed by atoms with Crippen molar-refractivity contribution in [2.75, 3.05) is 5.33 Å². The Bertz CT molecular complexity index is 292. The number of hydrogen-bond acceptors (Lipinski definition) is 0. The highest BCUT2D eigenvalue weighted by Crippen LogP contribution is 2.16. The summed E-state index contributed by atoms with van der Waals surface area (Å²) >= 11 is 9.15. The lowest BCUT2D eigenvalue weighted by Gasteiger charge is -1.99. The van der Waals surface area contributed by atoms with Crippen molar-refractivity contribution in [3.8, 4) is 0 Å². The highest BCUT2D eigenvalue weighted by molar-refractivity contribution is 9.09. The molecule has 0 N–H and O–H groups in total. The van der Waals surface area contributed by atoms with Crippen LogP contribution in [0.2, 0.25) is 5.02 Å². The first kappa shape index (κ1) is 9.82. The molecule has 2 heteroatoms. The van der Waals surface area contributed by atoms with E-state index >= 15 is 0 Å². The van der Waals surface area contributed by atoms with Gasteiger partial charge in [-0.1, -0.05) is 45.7 Å². The number of benzene rings is 1. The van der Waals surface area contributed by atoms with Crippen LogP contribution in [0.5, 0.6) is 0 Å². The van der Waals surface area contributed by atoms with E-state index in [2.05, 4.69) is 35.0 Å². The highest BCUT2D eigenvalue weighted by Gasteiger charge is 1.93. The van der Waals surface area contributed by atoms with E-state index in [0.29, 0.717) is 0 Å². The van der Waals surface area contributed by atoms with Crippen molar-refractivity contribution in [1.82, 2.24) is 0 Å². The van der Waals surface area contributed by atoms with Gasteiger partial charge in [0.25, 0.3) is 0 Å². The molecule has 1 rings (SSSR count). The molecule has 0 bridgehead atoms. The van der Waals surface area contributed by atoms with Gasteiger partial charge < -0.3 is 0 Å². The first-order valence-electron chi connectivity index (χ1n) is 3.72. The molecule has 0 atom stereocenters. The normalized spacial score (nSPS) is 10.9. The first-order valence-corrected chi connectivity index (χ1v) is 5.22. The second kappa shape index (κ2) is 4.68. The molecule has 0 saturated heterocycles. The van der Waals surface area contributed by atoms with Gasteiger partial charge in [-0.25, -0.2) is 0 Å². The van der Waals surface area contributed by atoms with E-state index in [1.54, 1.807) is 0 Å². The van der Waals surface area contributed by atoms with Gasteiger partial charge in [-0.15, -0.1) is 0 Å². The molecule has 12 heavy (non-hydrogen) atoms. The number of halogens is 2. The Morgan fingerprint density at radius 3 is 2.83 bits per heavy atom. The molecular formula is C10H10BrCl. The van der Waals surface area contributed by atoms with Gasteiger partial charge in [0, 0.05) is 10.4 Å². The summed E-state index contributed by atoms with van der Waals surface area (Å²) in [6, 6.07) is 5.90. The molecule has 0 radical (unpaired) electrons. The minimum Gasteiger partial charge on any atom is -0.0883 e. The van der Waals surface area contributed by atoms with Crippen LogP contribution in [0.25, 0.3) is 6.08 Å². The van der Waals surface area contributed by atoms with Crippen LogP contribution in [0, 0.1) is 6.92 Å². The standard InChI is InChI=1S/C10H10BrCl/c1-8-7-10(12)5-4-9(8)3-2-6-11/h2-5,7H,6H2,1H3/b3-2+. The quantitative estimate of drug-likeness (QED) is 0.690. The molecule has 0 aliphatic carbocycles. The zero-order valence-corrected chi connectivity index (χ0v) is 9.19. The smallest absolute Gasteiger partial charge is 0.0409 e. The van der Waals surface area contributed by atoms with Crippen LogP contribution in [0.15, 0.2) is 24.3 Å². The molecule has 0 aliphatic rings. The van der Waals surface area contributed by atoms with Gasteiger partial charge in [-0.3, -0.25) is 0 Å². The summed E-state index contributed by atoms with van der Waals surface area (Å²) in [7, 11) is 0. The van der Waals surface area contributed by atoms with Crippen LogP contribution in [0.3, 0.4) is 0 Å². The lowest BCUT2D eigenvalue weighted by Crippen LogP contribution is -1.79. The molecule has 0 saturated carbocycles. The van der Waals surface area contributed by atoms with Gasteiger partial charge >= 0.3 is 0 Å². The second-order valence-electron chi connectivity index (χ2n) is 2.56. The topological polar surface area (TPSA) is 0 Å². The van der Waals surface area contributed by atoms with Gasteiger partial charge in [0.15, 0.2) is 0 Å². The van der Waals surface area contributed by atoms with E-state index in [9.17, 15) is 0 Å². The lowest BCUT2D eigenvalue weighted by atomic mass is 10.1. The predicted molar refractivity (Wildman–Crippen MR) is 59.0 cm³/mol. The molecule has 1 aromatic rings. The van der Waals surface area contributed by atoms with Crippen molar-refractivity contribution in [3.05, 3.63) is 40.4 Å². The Hall–Kier alpha value is -0.270. The van der Waals surface area contributed by atoms with Crippen molar-refractivity contribution >= 4 is 33.6 Å². The lowest BCUT2D eigenvalue weighted by molar-refractivity contribution is 1.44. The van der Waals surface area contributed by atoms with Crippen LogP contribution in [-0.4, -0.2) is 5.33 Å². The van der Waals surface area contributed by atoms with Gasteiger partial charge in [0.05, 0.1) is 0 Å². The Balaban J connectivity index is 2.94. The zero-order valence-electron chi connectivity index (χ0n) is 6.85. The van der Waals surface area contributed by atoms with Crippen LogP contribution < -0.4 is 0 Å². The average Bonchev–Trinajstić information content (AvgIpc) is 2.03. The van der Waals surface area contributed by atoms with Crippen molar-refractivity contribution in [2.24, 2.45) is 0 Å². The van der Waals surface area contributed by atoms with Crippen molar-refractivity contribution in [1.29, 1.82) is 0 Å². The summed E-state index contributed by atoms with van der Waals surface area (Å²) in [5.74, 6) is 0. The predicted octanol–water partition coefficient (Wildman–Crippen LogP) is 4.06. The van der Waals surface area contributed by atoms with Crippen LogP contribution in [0.1, 0.15) is 11.1 Å². The van der Waals surface area contributed by atoms with Gasteiger partial charge in [0.2, 0.25) is 0 Å². The number of hydrogen-bond donors (Lipinski definition) is 0. The molecule has 0 amide bonds. The molecule has 0 heterocycles. The fraction of sp³-hybridized carbons (Fsp3) is 0.200. The Morgan fingerprint density at radius 1 is 1.50 bits per heavy atom. The molecule has 0 unspecified atom stereocenters. The van der Waals surface area contributed by atoms with E-state index in [1.807, 2.05) is 18.2 Å². The van der Waals surface area contributed by atoms with Crippen LogP contribution in [0.4, 0.5) is 0 Å². The van der Waals surface area contributed by atoms with Crippen LogP contribution in [-0.2, 0) is 0 Å². The monoisotopic (exact) mass is 244 g/mol. The third-order valence-electron chi connectivity index (χ3n) is 1.62. The number of rotatable bonds is 2. The summed E-state index contributed by atoms with van der Waals surface area (Å²) in [5, 5.41) is 1.68. The SMILES string of the molecule is Cc1cc(Cl)ccc1/C=C/CBr. The highest BCUT2D eigenvalue weighted by atomic mass is 79.9. The fourth-order valence-corrected chi connectivity index (χ4v) is 1.41. The summed E-state index contributed by atoms with van der Waals surface area (Å²) < 4.78 is 0. The Kier molecular flexibility index (Phi) is 3.83. The molecule has 0 spiro atoms. The van der Waals surface area contributed by atoms with E-state index in [1.165, 1.54) is 11.1 Å². The van der Waals surface area contributed by atoms with Crippen molar-refractivity contribution in [2.45, 2.75) is 6.92 Å². The van der Waals surface area contributed by atoms with Crippen molar-refractivity contribution < 1.29 is 0 Å². The third kappa shape index (κ3) is 2.65. The Labute approximate surface area is 86.4 Å². The summed E-state index contributed by atoms with van der Waals surface area (Å²) in [4.78, 5) is 0. The number of aryl methyl sites for hydroxylation is 1. The summed E-state index contributed by atoms with van der Waals surface area (Å²) in [5.41, 5.74) is 2.43. The molecule has 1 aromatic carbocycles. The fourth-order valence-electron chi connectivity index (χ4n) is 0.998. The molecular weight excluding hydrogens is 235 g/mol. The van der Waals surface area contributed by atoms with E-state index in [-0.39, 0.29) is 0 Å². The Morgan fingerprint density at radius 2 is 2.25 bits per heavy atom. The maximum absolute atomic E-state index is 5.82. The third-order valence-corrected chi connectivity index (χ3v) is 2.23. The van der Waals surface area contributed by atoms with E-state index in [0.717, 1.165) is 10.4 Å². The average molecular weight is 246 g/mol. The van der Waals surface area contributed by atoms with Crippen LogP contribution >= 0.6 is 27.5 Å². The van der Waals surface area contributed by atoms with Gasteiger partial charge in [-0.2, -0.15) is 0 Å². The molecule has 0 aromatic heterocycles. The van der Waals surface area contributed by atoms with Gasteiger partial charge in [0.1, 0.15) is 0 Å². The molecule has 0 nitrogen and oxygen atoms in total. The minimum atomic E-state index is 0.795. The summed E-state index contributed by atoms with van der Waals surface area (Å²) in [6.45, 7) is 2.06. The first-order chi connectivity index (χ1) is 5.74. The largest absolute Gasteiger partial charge is 0.0883 e. The molecule has 0 fully saturated rings. The van der Waals surface area contributed by atoms with E-state index < -0.39 is 0 Å². The number of alkyl halides is 1. The molecule has 0 aliphatic heterocycles. The minimum absolute atomic E-state index is 0.795.